The van der Waals surface area contributed by atoms with E-state index in [4.69, 9.17) is 17.3 Å². The highest BCUT2D eigenvalue weighted by atomic mass is 35.5. The number of aryl methyl sites for hydroxylation is 2. The maximum absolute atomic E-state index is 6.23. The maximum atomic E-state index is 6.23. The van der Waals surface area contributed by atoms with E-state index in [1.807, 2.05) is 45.3 Å². The molecular weight excluding hydrogens is 234 g/mol. The van der Waals surface area contributed by atoms with Gasteiger partial charge in [0.15, 0.2) is 0 Å². The van der Waals surface area contributed by atoms with Crippen molar-refractivity contribution >= 4 is 11.6 Å². The molecule has 3 nitrogen and oxygen atoms in total. The Morgan fingerprint density at radius 1 is 1.41 bits per heavy atom. The molecule has 0 spiro atoms. The second-order valence-electron chi connectivity index (χ2n) is 4.33. The van der Waals surface area contributed by atoms with Gasteiger partial charge in [0.05, 0.1) is 5.69 Å². The van der Waals surface area contributed by atoms with Crippen molar-refractivity contribution in [2.75, 3.05) is 0 Å². The molecule has 1 aromatic carbocycles. The van der Waals surface area contributed by atoms with Gasteiger partial charge in [-0.15, -0.1) is 0 Å². The van der Waals surface area contributed by atoms with Crippen molar-refractivity contribution in [2.45, 2.75) is 19.9 Å². The van der Waals surface area contributed by atoms with Crippen molar-refractivity contribution < 1.29 is 0 Å². The van der Waals surface area contributed by atoms with Gasteiger partial charge in [-0.3, -0.25) is 4.68 Å². The normalized spacial score (nSPS) is 12.8. The first-order valence-corrected chi connectivity index (χ1v) is 5.92. The summed E-state index contributed by atoms with van der Waals surface area (Å²) in [6.45, 7) is 3.92. The minimum absolute atomic E-state index is 0.0495. The van der Waals surface area contributed by atoms with Crippen LogP contribution in [0.25, 0.3) is 11.1 Å². The lowest BCUT2D eigenvalue weighted by Crippen LogP contribution is -2.05. The molecule has 0 aliphatic heterocycles. The highest BCUT2D eigenvalue weighted by Gasteiger charge is 2.10. The zero-order valence-electron chi connectivity index (χ0n) is 10.2. The topological polar surface area (TPSA) is 43.8 Å². The van der Waals surface area contributed by atoms with E-state index in [-0.39, 0.29) is 6.04 Å². The van der Waals surface area contributed by atoms with Crippen LogP contribution in [0.1, 0.15) is 24.2 Å². The number of nitrogens with zero attached hydrogens (tertiary/aromatic N) is 2. The molecule has 2 rings (SSSR count). The predicted molar refractivity (Wildman–Crippen MR) is 71.0 cm³/mol. The molecule has 0 saturated heterocycles. The third kappa shape index (κ3) is 2.35. The van der Waals surface area contributed by atoms with Crippen LogP contribution in [0.15, 0.2) is 24.4 Å². The molecular formula is C13H16ClN3. The molecule has 1 atom stereocenters. The van der Waals surface area contributed by atoms with E-state index in [0.717, 1.165) is 22.4 Å². The summed E-state index contributed by atoms with van der Waals surface area (Å²) in [6, 6.07) is 5.92. The average Bonchev–Trinajstić information content (AvgIpc) is 2.57. The van der Waals surface area contributed by atoms with Crippen LogP contribution in [0.5, 0.6) is 0 Å². The summed E-state index contributed by atoms with van der Waals surface area (Å²) in [4.78, 5) is 0. The van der Waals surface area contributed by atoms with E-state index < -0.39 is 0 Å². The molecule has 2 aromatic rings. The molecule has 1 aromatic heterocycles. The Kier molecular flexibility index (Phi) is 3.22. The first-order chi connectivity index (χ1) is 7.99. The third-order valence-electron chi connectivity index (χ3n) is 2.82. The van der Waals surface area contributed by atoms with E-state index in [2.05, 4.69) is 5.10 Å². The van der Waals surface area contributed by atoms with Gasteiger partial charge in [-0.2, -0.15) is 5.10 Å². The van der Waals surface area contributed by atoms with E-state index in [9.17, 15) is 0 Å². The summed E-state index contributed by atoms with van der Waals surface area (Å²) >= 11 is 6.23. The van der Waals surface area contributed by atoms with Crippen LogP contribution >= 0.6 is 11.6 Å². The number of aromatic nitrogens is 2. The van der Waals surface area contributed by atoms with Gasteiger partial charge in [0.1, 0.15) is 0 Å². The van der Waals surface area contributed by atoms with Crippen LogP contribution in [0.3, 0.4) is 0 Å². The second-order valence-corrected chi connectivity index (χ2v) is 4.73. The van der Waals surface area contributed by atoms with Crippen LogP contribution in [0.2, 0.25) is 5.02 Å². The van der Waals surface area contributed by atoms with Crippen molar-refractivity contribution in [3.63, 3.8) is 0 Å². The van der Waals surface area contributed by atoms with Gasteiger partial charge in [-0.1, -0.05) is 23.7 Å². The average molecular weight is 250 g/mol. The number of benzene rings is 1. The monoisotopic (exact) mass is 249 g/mol. The second kappa shape index (κ2) is 4.51. The van der Waals surface area contributed by atoms with Gasteiger partial charge < -0.3 is 5.73 Å². The summed E-state index contributed by atoms with van der Waals surface area (Å²) < 4.78 is 1.80. The number of hydrogen-bond acceptors (Lipinski definition) is 2. The predicted octanol–water partition coefficient (Wildman–Crippen LogP) is 3.07. The zero-order valence-corrected chi connectivity index (χ0v) is 11.0. The molecule has 2 N–H and O–H groups in total. The van der Waals surface area contributed by atoms with Crippen molar-refractivity contribution in [2.24, 2.45) is 12.8 Å². The van der Waals surface area contributed by atoms with Crippen molar-refractivity contribution in [1.82, 2.24) is 9.78 Å². The Labute approximate surface area is 106 Å². The van der Waals surface area contributed by atoms with Gasteiger partial charge in [0.25, 0.3) is 0 Å². The van der Waals surface area contributed by atoms with Crippen LogP contribution in [-0.4, -0.2) is 9.78 Å². The van der Waals surface area contributed by atoms with Gasteiger partial charge in [0.2, 0.25) is 0 Å². The number of hydrogen-bond donors (Lipinski definition) is 1. The molecule has 0 saturated carbocycles. The first-order valence-electron chi connectivity index (χ1n) is 5.54. The van der Waals surface area contributed by atoms with Crippen molar-refractivity contribution in [3.05, 3.63) is 40.7 Å². The number of rotatable bonds is 2. The summed E-state index contributed by atoms with van der Waals surface area (Å²) in [5.74, 6) is 0. The standard InChI is InChI=1S/C13H16ClN3/c1-8(15)11-5-4-10(6-13(11)14)12-7-17(3)16-9(12)2/h4-8H,15H2,1-3H3. The quantitative estimate of drug-likeness (QED) is 0.889. The summed E-state index contributed by atoms with van der Waals surface area (Å²) in [5, 5.41) is 5.03. The summed E-state index contributed by atoms with van der Waals surface area (Å²) in [6.07, 6.45) is 1.99. The van der Waals surface area contributed by atoms with Gasteiger partial charge >= 0.3 is 0 Å². The molecule has 0 radical (unpaired) electrons. The minimum atomic E-state index is -0.0495. The lowest BCUT2D eigenvalue weighted by atomic mass is 10.0. The lowest BCUT2D eigenvalue weighted by molar-refractivity contribution is 0.756. The van der Waals surface area contributed by atoms with Crippen LogP contribution in [0, 0.1) is 6.92 Å². The molecule has 0 bridgehead atoms. The number of halogens is 1. The molecule has 90 valence electrons. The minimum Gasteiger partial charge on any atom is -0.324 e. The molecule has 0 fully saturated rings. The fraction of sp³-hybridized carbons (Fsp3) is 0.308. The highest BCUT2D eigenvalue weighted by Crippen LogP contribution is 2.29. The molecule has 0 amide bonds. The fourth-order valence-electron chi connectivity index (χ4n) is 1.95. The van der Waals surface area contributed by atoms with Gasteiger partial charge in [-0.25, -0.2) is 0 Å². The van der Waals surface area contributed by atoms with Crippen molar-refractivity contribution in [1.29, 1.82) is 0 Å². The van der Waals surface area contributed by atoms with Crippen LogP contribution in [-0.2, 0) is 7.05 Å². The van der Waals surface area contributed by atoms with E-state index in [1.165, 1.54) is 0 Å². The molecule has 1 heterocycles. The van der Waals surface area contributed by atoms with E-state index in [0.29, 0.717) is 5.02 Å². The Morgan fingerprint density at radius 2 is 2.12 bits per heavy atom. The fourth-order valence-corrected chi connectivity index (χ4v) is 2.30. The van der Waals surface area contributed by atoms with Gasteiger partial charge in [-0.05, 0) is 31.0 Å². The highest BCUT2D eigenvalue weighted by molar-refractivity contribution is 6.31. The Hall–Kier alpha value is -1.32. The molecule has 1 unspecified atom stereocenters. The molecule has 0 aliphatic rings. The number of nitrogens with two attached hydrogens (primary N) is 1. The van der Waals surface area contributed by atoms with E-state index in [1.54, 1.807) is 4.68 Å². The molecule has 4 heteroatoms. The lowest BCUT2D eigenvalue weighted by Gasteiger charge is -2.09. The Morgan fingerprint density at radius 3 is 2.59 bits per heavy atom. The maximum Gasteiger partial charge on any atom is 0.0671 e. The third-order valence-corrected chi connectivity index (χ3v) is 3.14. The summed E-state index contributed by atoms with van der Waals surface area (Å²) in [7, 11) is 1.91. The van der Waals surface area contributed by atoms with E-state index >= 15 is 0 Å². The van der Waals surface area contributed by atoms with Crippen LogP contribution < -0.4 is 5.73 Å². The first kappa shape index (κ1) is 12.1. The molecule has 17 heavy (non-hydrogen) atoms. The van der Waals surface area contributed by atoms with Gasteiger partial charge in [0, 0.05) is 29.9 Å². The van der Waals surface area contributed by atoms with Crippen molar-refractivity contribution in [3.8, 4) is 11.1 Å². The molecule has 0 aliphatic carbocycles. The smallest absolute Gasteiger partial charge is 0.0671 e. The SMILES string of the molecule is Cc1nn(C)cc1-c1ccc(C(C)N)c(Cl)c1. The Bertz CT molecular complexity index is 544. The Balaban J connectivity index is 2.48. The van der Waals surface area contributed by atoms with Crippen LogP contribution in [0.4, 0.5) is 0 Å². The largest absolute Gasteiger partial charge is 0.324 e. The summed E-state index contributed by atoms with van der Waals surface area (Å²) in [5.41, 5.74) is 9.98. The zero-order chi connectivity index (χ0) is 12.6.